The van der Waals surface area contributed by atoms with Gasteiger partial charge >= 0.3 is 31.3 Å². The largest absolute Gasteiger partial charge is 0.530 e. The monoisotopic (exact) mass is 1960 g/mol. The van der Waals surface area contributed by atoms with Crippen LogP contribution in [0.25, 0.3) is 0 Å². The Morgan fingerprint density at radius 1 is 0.453 bits per heavy atom. The standard InChI is InChI=1S/C18H19F2N2O9P.3C17H17F2N2O9PS/c1-9-21-16(26)11(6-23)5-22(9)17-14(24)15(25)18(20,30-17)8-29-32(27)28-7-10-4-12(19)2-3-13(10)31-32;3*18-10-1-2-11-8(3-10)6-27-31(26,30-11)28-7-17(19)13(24)12(23)15(29-17)21-4-9(5-22)14(25)20-16(21)32/h2-5,14-15,17,23-25H,1,6-8H2,(H,21,26);3*1-4,12-13,15,22-24H,5-7H2,(H,20,25,32)/t14-,15+,17-,18-,32?;3*12-,13+,15-,17-,31?/m1111/s1/i8D2,17D;15D;7D2;. The Hall–Kier alpha value is -8.47. The molecule has 4 saturated heterocycles. The number of nitrogens with zero attached hydrogens (tertiary/aromatic N) is 4. The summed E-state index contributed by atoms with van der Waals surface area (Å²) in [6.07, 6.45) is -24.6. The summed E-state index contributed by atoms with van der Waals surface area (Å²) in [5.74, 6) is -18.4. The highest BCUT2D eigenvalue weighted by Crippen LogP contribution is 2.60. The molecule has 59 heteroatoms. The first-order chi connectivity index (χ1) is 62.4. The van der Waals surface area contributed by atoms with Crippen molar-refractivity contribution < 1.29 is 201 Å². The number of carbonyl (C=O) groups excluding carboxylic acids is 1. The first-order valence-electron chi connectivity index (χ1n) is 39.0. The lowest BCUT2D eigenvalue weighted by molar-refractivity contribution is -0.208. The Kier molecular flexibility index (Phi) is 26.4. The lowest BCUT2D eigenvalue weighted by atomic mass is 10.1. The van der Waals surface area contributed by atoms with Gasteiger partial charge < -0.3 is 109 Å². The molecule has 696 valence electrons. The van der Waals surface area contributed by atoms with Crippen molar-refractivity contribution in [2.24, 2.45) is 0 Å². The van der Waals surface area contributed by atoms with Gasteiger partial charge in [0.25, 0.3) is 46.0 Å². The summed E-state index contributed by atoms with van der Waals surface area (Å²) in [5, 5.41) is 122. The van der Waals surface area contributed by atoms with Crippen molar-refractivity contribution in [1.82, 2.24) is 38.9 Å². The number of aromatic amines is 3. The minimum atomic E-state index is -4.94. The van der Waals surface area contributed by atoms with Gasteiger partial charge in [0.05, 0.1) is 83.3 Å². The van der Waals surface area contributed by atoms with Crippen LogP contribution in [-0.2, 0) is 124 Å². The van der Waals surface area contributed by atoms with Crippen LogP contribution in [0, 0.1) is 37.6 Å². The van der Waals surface area contributed by atoms with Crippen molar-refractivity contribution in [3.05, 3.63) is 223 Å². The van der Waals surface area contributed by atoms with Crippen LogP contribution in [0.2, 0.25) is 0 Å². The van der Waals surface area contributed by atoms with E-state index in [0.717, 1.165) is 94.6 Å². The third-order valence-corrected chi connectivity index (χ3v) is 24.8. The number of hydrogen-bond donors (Lipinski definition) is 16. The average molecular weight is 1970 g/mol. The molecule has 12 heterocycles. The SMILES string of the molecule is O=c1[nH]c(=S)n([C@@H]2O[C@](F)(COP3(=O)OCc4cc(F)ccc4O3)[C@@H](O)[C@H]2O)cc1CO.[2H]C([2H])(OP1(=O)OCc2cc(F)ccc2O1)[C@@]1(F)O[C@@H](n2cc(CO)c(=O)[nH]c2=S)[C@H](O)[C@@H]1O.[2H]C([2H])(OP1(=O)OCc2cc(F)ccc2O1)[C@@]1(F)O[C@@]([2H])(N2C=C(CO)C(=O)NC2=C)[C@H](O)[C@@H]1O.[2H][C@@]1(n2cc(CO)c(=O)[nH]c2=S)O[C@](F)(COP2(=O)OCc3cc(F)ccc3O2)[C@@H](O)[C@H]1O. The number of ether oxygens (including phenoxy) is 4. The molecule has 0 aliphatic carbocycles. The van der Waals surface area contributed by atoms with Crippen LogP contribution in [0.5, 0.6) is 23.0 Å². The van der Waals surface area contributed by atoms with E-state index in [1.807, 2.05) is 0 Å². The van der Waals surface area contributed by atoms with E-state index in [1.165, 1.54) is 12.1 Å². The van der Waals surface area contributed by atoms with Gasteiger partial charge in [-0.15, -0.1) is 0 Å². The Labute approximate surface area is 733 Å². The van der Waals surface area contributed by atoms with Crippen LogP contribution in [0.4, 0.5) is 35.1 Å². The molecule has 0 spiro atoms. The summed E-state index contributed by atoms with van der Waals surface area (Å²) in [5.41, 5.74) is -2.57. The molecule has 0 bridgehead atoms. The molecule has 9 aliphatic rings. The molecule has 44 nitrogen and oxygen atoms in total. The van der Waals surface area contributed by atoms with Gasteiger partial charge in [0, 0.05) is 47.0 Å². The second kappa shape index (κ2) is 38.0. The van der Waals surface area contributed by atoms with Crippen LogP contribution in [0.3, 0.4) is 0 Å². The molecule has 16 N–H and O–H groups in total. The van der Waals surface area contributed by atoms with Crippen molar-refractivity contribution >= 4 is 73.9 Å². The molecule has 9 aliphatic heterocycles. The molecular formula is C69H70F8N8O36P4S3. The highest BCUT2D eigenvalue weighted by atomic mass is 32.1. The number of H-pyrrole nitrogens is 3. The first-order valence-corrected chi connectivity index (χ1v) is 43.0. The number of benzene rings is 4. The van der Waals surface area contributed by atoms with Crippen LogP contribution in [-0.4, -0.2) is 212 Å². The average Bonchev–Trinajstić information content (AvgIpc) is 1.55. The first kappa shape index (κ1) is 88.8. The maximum Gasteiger partial charge on any atom is 0.530 e. The number of aromatic nitrogens is 6. The third kappa shape index (κ3) is 20.4. The van der Waals surface area contributed by atoms with Gasteiger partial charge in [0.2, 0.25) is 0 Å². The number of hydrogen-bond acceptors (Lipinski definition) is 40. The molecule has 128 heavy (non-hydrogen) atoms. The fraction of sp³-hybridized carbons (Fsp3) is 0.406. The van der Waals surface area contributed by atoms with Crippen molar-refractivity contribution in [2.45, 2.75) is 143 Å². The predicted molar refractivity (Wildman–Crippen MR) is 410 cm³/mol. The van der Waals surface area contributed by atoms with E-state index in [2.05, 4.69) is 35.9 Å². The quantitative estimate of drug-likeness (QED) is 0.0292. The van der Waals surface area contributed by atoms with Gasteiger partial charge in [-0.2, -0.15) is 0 Å². The van der Waals surface area contributed by atoms with Crippen molar-refractivity contribution in [1.29, 1.82) is 0 Å². The number of aliphatic hydroxyl groups excluding tert-OH is 12. The highest BCUT2D eigenvalue weighted by molar-refractivity contribution is 7.71. The molecule has 4 unspecified atom stereocenters. The Morgan fingerprint density at radius 2 is 0.758 bits per heavy atom. The van der Waals surface area contributed by atoms with Gasteiger partial charge in [0.15, 0.2) is 39.2 Å². The highest BCUT2D eigenvalue weighted by Gasteiger charge is 2.62. The van der Waals surface area contributed by atoms with Gasteiger partial charge in [-0.25, -0.2) is 53.4 Å². The minimum Gasteiger partial charge on any atom is -0.404 e. The van der Waals surface area contributed by atoms with Crippen LogP contribution in [0.15, 0.2) is 130 Å². The summed E-state index contributed by atoms with van der Waals surface area (Å²) in [4.78, 5) is 54.1. The molecule has 7 aromatic rings. The molecule has 0 saturated carbocycles. The van der Waals surface area contributed by atoms with Crippen LogP contribution >= 0.6 is 67.9 Å². The summed E-state index contributed by atoms with van der Waals surface area (Å²) < 4.78 is 296. The van der Waals surface area contributed by atoms with Crippen molar-refractivity contribution in [3.63, 3.8) is 0 Å². The second-order valence-corrected chi connectivity index (χ2v) is 35.0. The summed E-state index contributed by atoms with van der Waals surface area (Å²) >= 11 is 14.8. The van der Waals surface area contributed by atoms with Crippen molar-refractivity contribution in [2.75, 3.05) is 32.9 Å². The molecule has 4 aromatic carbocycles. The number of carbonyl (C=O) groups is 1. The maximum atomic E-state index is 15.9. The second-order valence-electron chi connectivity index (χ2n) is 27.6. The number of phosphoric acid groups is 4. The Bertz CT molecular complexity index is 6440. The van der Waals surface area contributed by atoms with Gasteiger partial charge in [0.1, 0.15) is 127 Å². The van der Waals surface area contributed by atoms with E-state index in [0.29, 0.717) is 9.47 Å². The van der Waals surface area contributed by atoms with Crippen LogP contribution in [0.1, 0.15) is 65.8 Å². The van der Waals surface area contributed by atoms with Crippen molar-refractivity contribution in [3.8, 4) is 23.0 Å². The number of nitrogens with one attached hydrogen (secondary N) is 4. The van der Waals surface area contributed by atoms with Gasteiger partial charge in [-0.3, -0.25) is 84.0 Å². The number of alkyl halides is 4. The van der Waals surface area contributed by atoms with E-state index >= 15 is 17.6 Å². The molecule has 16 rings (SSSR count). The summed E-state index contributed by atoms with van der Waals surface area (Å²) in [6.45, 7) is -11.6. The van der Waals surface area contributed by atoms with E-state index in [1.54, 1.807) is 0 Å². The van der Waals surface area contributed by atoms with E-state index in [-0.39, 0.29) is 85.5 Å². The Morgan fingerprint density at radius 3 is 1.13 bits per heavy atom. The zero-order valence-electron chi connectivity index (χ0n) is 69.8. The third-order valence-electron chi connectivity index (χ3n) is 18.9. The lowest BCUT2D eigenvalue weighted by Crippen LogP contribution is -2.48. The lowest BCUT2D eigenvalue weighted by Gasteiger charge is -2.34. The molecule has 4 fully saturated rings. The topological polar surface area (TPSA) is 604 Å². The number of phosphoric ester groups is 4. The van der Waals surface area contributed by atoms with E-state index < -0.39 is 256 Å². The number of amides is 1. The van der Waals surface area contributed by atoms with Gasteiger partial charge in [-0.1, -0.05) is 6.58 Å². The zero-order valence-corrected chi connectivity index (χ0v) is 69.8. The Balaban J connectivity index is 0.000000152. The summed E-state index contributed by atoms with van der Waals surface area (Å²) in [6, 6.07) is 12.7. The molecule has 1 amide bonds. The predicted octanol–water partition coefficient (Wildman–Crippen LogP) is 3.95. The number of aliphatic hydroxyl groups is 12. The van der Waals surface area contributed by atoms with E-state index in [9.17, 15) is 116 Å². The van der Waals surface area contributed by atoms with Gasteiger partial charge in [-0.05, 0) is 109 Å². The fourth-order valence-electron chi connectivity index (χ4n) is 12.2. The maximum absolute atomic E-state index is 15.9. The van der Waals surface area contributed by atoms with Crippen LogP contribution < -0.4 is 40.1 Å². The number of fused-ring (bicyclic) bond motifs is 4. The molecule has 0 radical (unpaired) electrons. The van der Waals surface area contributed by atoms with E-state index in [4.69, 9.17) is 109 Å². The summed E-state index contributed by atoms with van der Waals surface area (Å²) in [7, 11) is -18.6. The molecular weight excluding hydrogens is 1890 g/mol. The fourth-order valence-corrected chi connectivity index (χ4v) is 17.6. The number of halogens is 8. The zero-order chi connectivity index (χ0) is 98.5. The molecule has 20 atom stereocenters. The number of rotatable bonds is 20. The smallest absolute Gasteiger partial charge is 0.404 e. The minimum absolute atomic E-state index is 0.00997. The normalized spacial score (nSPS) is 34.6. The molecule has 3 aromatic heterocycles.